The van der Waals surface area contributed by atoms with Crippen LogP contribution < -0.4 is 10.1 Å². The van der Waals surface area contributed by atoms with Crippen LogP contribution in [0.15, 0.2) is 60.8 Å². The van der Waals surface area contributed by atoms with Crippen LogP contribution in [0.5, 0.6) is 5.75 Å². The number of hydrogen-bond donors (Lipinski definition) is 1. The maximum absolute atomic E-state index is 13.4. The number of pyridine rings is 1. The van der Waals surface area contributed by atoms with Gasteiger partial charge < -0.3 is 10.1 Å². The predicted octanol–water partition coefficient (Wildman–Crippen LogP) is 3.98. The Labute approximate surface area is 175 Å². The number of hydrogen-bond acceptors (Lipinski definition) is 4. The van der Waals surface area contributed by atoms with Crippen molar-refractivity contribution in [2.45, 2.75) is 31.7 Å². The van der Waals surface area contributed by atoms with Gasteiger partial charge in [-0.05, 0) is 48.7 Å². The lowest BCUT2D eigenvalue weighted by atomic mass is 9.81. The fraction of sp³-hybridized carbons (Fsp3) is 0.240. The van der Waals surface area contributed by atoms with E-state index >= 15 is 0 Å². The summed E-state index contributed by atoms with van der Waals surface area (Å²) >= 11 is 0. The highest BCUT2D eigenvalue weighted by atomic mass is 16.5. The van der Waals surface area contributed by atoms with Crippen LogP contribution in [-0.4, -0.2) is 23.3 Å². The first-order chi connectivity index (χ1) is 14.6. The van der Waals surface area contributed by atoms with Crippen LogP contribution in [0.2, 0.25) is 0 Å². The van der Waals surface area contributed by atoms with Crippen LogP contribution in [0.3, 0.4) is 0 Å². The van der Waals surface area contributed by atoms with Crippen molar-refractivity contribution in [3.63, 3.8) is 0 Å². The molecule has 5 heteroatoms. The van der Waals surface area contributed by atoms with E-state index in [2.05, 4.69) is 10.3 Å². The third-order valence-corrected chi connectivity index (χ3v) is 6.07. The Morgan fingerprint density at radius 1 is 1.10 bits per heavy atom. The second kappa shape index (κ2) is 7.10. The largest absolute Gasteiger partial charge is 0.491 e. The van der Waals surface area contributed by atoms with Crippen molar-refractivity contribution < 1.29 is 14.3 Å². The molecule has 150 valence electrons. The molecule has 1 aliphatic carbocycles. The van der Waals surface area contributed by atoms with Gasteiger partial charge in [0, 0.05) is 30.2 Å². The second-order valence-electron chi connectivity index (χ2n) is 7.97. The number of fused-ring (bicyclic) bond motifs is 2. The zero-order valence-electron chi connectivity index (χ0n) is 16.8. The summed E-state index contributed by atoms with van der Waals surface area (Å²) in [5.41, 5.74) is 4.29. The molecule has 2 aromatic carbocycles. The molecule has 1 aromatic heterocycles. The van der Waals surface area contributed by atoms with Gasteiger partial charge >= 0.3 is 0 Å². The Balaban J connectivity index is 1.58. The normalized spacial score (nSPS) is 19.6. The number of Topliss-reactive ketones (excluding diaryl/α,β-unsaturated/α-hetero) is 1. The predicted molar refractivity (Wildman–Crippen MR) is 113 cm³/mol. The van der Waals surface area contributed by atoms with E-state index in [0.717, 1.165) is 22.3 Å². The van der Waals surface area contributed by atoms with Gasteiger partial charge in [-0.25, -0.2) is 0 Å². The maximum Gasteiger partial charge on any atom is 0.252 e. The van der Waals surface area contributed by atoms with E-state index in [1.807, 2.05) is 49.4 Å². The molecule has 5 nitrogen and oxygen atoms in total. The number of ether oxygens (including phenoxy) is 1. The van der Waals surface area contributed by atoms with Crippen molar-refractivity contribution in [2.75, 3.05) is 6.61 Å². The Kier molecular flexibility index (Phi) is 4.39. The third-order valence-electron chi connectivity index (χ3n) is 6.07. The summed E-state index contributed by atoms with van der Waals surface area (Å²) in [5, 5.41) is 3.28. The summed E-state index contributed by atoms with van der Waals surface area (Å²) in [6.07, 6.45) is 3.51. The molecule has 0 saturated heterocycles. The molecule has 30 heavy (non-hydrogen) atoms. The zero-order chi connectivity index (χ0) is 20.7. The average Bonchev–Trinajstić information content (AvgIpc) is 3.14. The van der Waals surface area contributed by atoms with Crippen molar-refractivity contribution in [1.29, 1.82) is 0 Å². The highest BCUT2D eigenvalue weighted by Crippen LogP contribution is 2.40. The number of aryl methyl sites for hydroxylation is 2. The molecular formula is C25H22N2O3. The van der Waals surface area contributed by atoms with Crippen molar-refractivity contribution in [1.82, 2.24) is 10.3 Å². The molecule has 1 unspecified atom stereocenters. The quantitative estimate of drug-likeness (QED) is 0.725. The first-order valence-electron chi connectivity index (χ1n) is 10.2. The summed E-state index contributed by atoms with van der Waals surface area (Å²) < 4.78 is 5.83. The lowest BCUT2D eigenvalue weighted by Gasteiger charge is -2.39. The number of nitrogens with zero attached hydrogens (tertiary/aromatic N) is 1. The van der Waals surface area contributed by atoms with E-state index in [0.29, 0.717) is 42.9 Å². The van der Waals surface area contributed by atoms with Gasteiger partial charge in [-0.2, -0.15) is 0 Å². The van der Waals surface area contributed by atoms with Crippen LogP contribution in [-0.2, 0) is 12.0 Å². The van der Waals surface area contributed by atoms with Crippen molar-refractivity contribution in [2.24, 2.45) is 0 Å². The van der Waals surface area contributed by atoms with Gasteiger partial charge in [-0.15, -0.1) is 0 Å². The highest BCUT2D eigenvalue weighted by molar-refractivity contribution is 6.02. The summed E-state index contributed by atoms with van der Waals surface area (Å²) in [4.78, 5) is 29.9. The molecule has 1 amide bonds. The lowest BCUT2D eigenvalue weighted by Crippen LogP contribution is -2.50. The Morgan fingerprint density at radius 2 is 1.93 bits per heavy atom. The molecule has 1 atom stereocenters. The summed E-state index contributed by atoms with van der Waals surface area (Å²) in [6, 6.07) is 17.2. The summed E-state index contributed by atoms with van der Waals surface area (Å²) in [5.74, 6) is 0.649. The standard InChI is InChI=1S/C25H22N2O3/c1-16-4-8-19(9-5-16)25(12-14-30-22-3-2-13-26-23(22)25)27-24(29)18-6-10-20-17(15-18)7-11-21(20)28/h2-6,8-10,13,15H,7,11-12,14H2,1H3,(H,27,29). The molecule has 1 N–H and O–H groups in total. The summed E-state index contributed by atoms with van der Waals surface area (Å²) in [6.45, 7) is 2.52. The van der Waals surface area contributed by atoms with Crippen molar-refractivity contribution in [3.05, 3.63) is 94.3 Å². The molecule has 0 saturated carbocycles. The molecule has 2 aliphatic rings. The van der Waals surface area contributed by atoms with E-state index < -0.39 is 5.54 Å². The minimum atomic E-state index is -0.783. The molecule has 1 aliphatic heterocycles. The Morgan fingerprint density at radius 3 is 2.77 bits per heavy atom. The molecule has 0 radical (unpaired) electrons. The number of benzene rings is 2. The van der Waals surface area contributed by atoms with Gasteiger partial charge in [0.1, 0.15) is 17.0 Å². The van der Waals surface area contributed by atoms with Gasteiger partial charge in [0.25, 0.3) is 5.91 Å². The zero-order valence-corrected chi connectivity index (χ0v) is 16.8. The number of rotatable bonds is 3. The van der Waals surface area contributed by atoms with Gasteiger partial charge in [0.05, 0.1) is 6.61 Å². The van der Waals surface area contributed by atoms with E-state index in [4.69, 9.17) is 4.74 Å². The van der Waals surface area contributed by atoms with E-state index in [1.165, 1.54) is 0 Å². The van der Waals surface area contributed by atoms with Crippen molar-refractivity contribution in [3.8, 4) is 5.75 Å². The van der Waals surface area contributed by atoms with Crippen LogP contribution >= 0.6 is 0 Å². The second-order valence-corrected chi connectivity index (χ2v) is 7.97. The van der Waals surface area contributed by atoms with Crippen LogP contribution in [0.1, 0.15) is 55.9 Å². The number of aromatic nitrogens is 1. The molecule has 3 aromatic rings. The topological polar surface area (TPSA) is 68.3 Å². The molecule has 5 rings (SSSR count). The maximum atomic E-state index is 13.4. The number of carbonyl (C=O) groups excluding carboxylic acids is 2. The smallest absolute Gasteiger partial charge is 0.252 e. The molecule has 2 heterocycles. The first kappa shape index (κ1) is 18.6. The number of ketones is 1. The van der Waals surface area contributed by atoms with E-state index in [-0.39, 0.29) is 11.7 Å². The number of carbonyl (C=O) groups is 2. The Bertz CT molecular complexity index is 1150. The molecule has 0 bridgehead atoms. The van der Waals surface area contributed by atoms with E-state index in [9.17, 15) is 9.59 Å². The van der Waals surface area contributed by atoms with Gasteiger partial charge in [-0.3, -0.25) is 14.6 Å². The van der Waals surface area contributed by atoms with Gasteiger partial charge in [0.2, 0.25) is 0 Å². The lowest BCUT2D eigenvalue weighted by molar-refractivity contribution is 0.0882. The molecular weight excluding hydrogens is 376 g/mol. The first-order valence-corrected chi connectivity index (χ1v) is 10.2. The monoisotopic (exact) mass is 398 g/mol. The van der Waals surface area contributed by atoms with E-state index in [1.54, 1.807) is 18.3 Å². The van der Waals surface area contributed by atoms with Crippen molar-refractivity contribution >= 4 is 11.7 Å². The minimum absolute atomic E-state index is 0.149. The number of amides is 1. The fourth-order valence-electron chi connectivity index (χ4n) is 4.44. The van der Waals surface area contributed by atoms with Gasteiger partial charge in [-0.1, -0.05) is 35.9 Å². The Hall–Kier alpha value is -3.47. The third kappa shape index (κ3) is 2.98. The van der Waals surface area contributed by atoms with Crippen LogP contribution in [0, 0.1) is 6.92 Å². The van der Waals surface area contributed by atoms with Crippen LogP contribution in [0.4, 0.5) is 0 Å². The van der Waals surface area contributed by atoms with Crippen LogP contribution in [0.25, 0.3) is 0 Å². The number of nitrogens with one attached hydrogen (secondary N) is 1. The minimum Gasteiger partial charge on any atom is -0.491 e. The SMILES string of the molecule is Cc1ccc(C2(NC(=O)c3ccc4c(c3)CCC4=O)CCOc3cccnc32)cc1. The molecule has 0 spiro atoms. The van der Waals surface area contributed by atoms with Gasteiger partial charge in [0.15, 0.2) is 5.78 Å². The highest BCUT2D eigenvalue weighted by Gasteiger charge is 2.42. The molecule has 0 fully saturated rings. The summed E-state index contributed by atoms with van der Waals surface area (Å²) in [7, 11) is 0. The fourth-order valence-corrected chi connectivity index (χ4v) is 4.44. The average molecular weight is 398 g/mol.